The molecule has 0 amide bonds. The van der Waals surface area contributed by atoms with Crippen LogP contribution in [0.4, 0.5) is 18.9 Å². The molecule has 0 aliphatic rings. The molecule has 8 heteroatoms. The van der Waals surface area contributed by atoms with Crippen LogP contribution in [0.5, 0.6) is 11.5 Å². The van der Waals surface area contributed by atoms with Gasteiger partial charge in [-0.25, -0.2) is 0 Å². The number of rotatable bonds is 4. The molecule has 0 aromatic heterocycles. The molecule has 0 fully saturated rings. The molecule has 22 heavy (non-hydrogen) atoms. The Labute approximate surface area is 122 Å². The topological polar surface area (TPSA) is 72.6 Å². The third-order valence-corrected chi connectivity index (χ3v) is 2.77. The molecule has 0 saturated heterocycles. The molecule has 1 atom stereocenters. The number of nitrogens with zero attached hydrogens (tertiary/aromatic N) is 1. The van der Waals surface area contributed by atoms with Crippen molar-refractivity contribution in [2.75, 3.05) is 0 Å². The number of aliphatic hydroxyl groups excluding tert-OH is 1. The van der Waals surface area contributed by atoms with E-state index in [0.29, 0.717) is 0 Å². The minimum absolute atomic E-state index is 0.0784. The molecule has 5 nitrogen and oxygen atoms in total. The molecule has 0 heterocycles. The predicted molar refractivity (Wildman–Crippen MR) is 70.6 cm³/mol. The second-order valence-electron chi connectivity index (χ2n) is 4.37. The van der Waals surface area contributed by atoms with Gasteiger partial charge in [-0.15, -0.1) is 0 Å². The highest BCUT2D eigenvalue weighted by atomic mass is 19.4. The van der Waals surface area contributed by atoms with E-state index in [4.69, 9.17) is 4.74 Å². The minimum Gasteiger partial charge on any atom is -0.457 e. The van der Waals surface area contributed by atoms with Crippen LogP contribution in [0.2, 0.25) is 0 Å². The van der Waals surface area contributed by atoms with Crippen LogP contribution in [-0.4, -0.2) is 16.2 Å². The number of nitro groups is 1. The van der Waals surface area contributed by atoms with Gasteiger partial charge in [0.1, 0.15) is 11.5 Å². The first-order chi connectivity index (χ1) is 10.3. The van der Waals surface area contributed by atoms with Crippen molar-refractivity contribution in [3.63, 3.8) is 0 Å². The number of nitro benzene ring substituents is 1. The van der Waals surface area contributed by atoms with Crippen molar-refractivity contribution in [1.29, 1.82) is 0 Å². The van der Waals surface area contributed by atoms with Gasteiger partial charge in [0.25, 0.3) is 5.69 Å². The summed E-state index contributed by atoms with van der Waals surface area (Å²) in [4.78, 5) is 9.94. The summed E-state index contributed by atoms with van der Waals surface area (Å²) in [5.41, 5.74) is -0.486. The quantitative estimate of drug-likeness (QED) is 0.684. The molecule has 0 saturated carbocycles. The first-order valence-electron chi connectivity index (χ1n) is 6.04. The summed E-state index contributed by atoms with van der Waals surface area (Å²) in [6.45, 7) is 0. The number of aliphatic hydroxyl groups is 1. The van der Waals surface area contributed by atoms with E-state index in [0.717, 1.165) is 12.1 Å². The van der Waals surface area contributed by atoms with E-state index in [9.17, 15) is 28.4 Å². The number of hydrogen-bond acceptors (Lipinski definition) is 4. The van der Waals surface area contributed by atoms with Gasteiger partial charge in [-0.1, -0.05) is 12.1 Å². The first-order valence-corrected chi connectivity index (χ1v) is 6.04. The number of non-ortho nitro benzene ring substituents is 1. The Kier molecular flexibility index (Phi) is 4.32. The van der Waals surface area contributed by atoms with E-state index >= 15 is 0 Å². The van der Waals surface area contributed by atoms with Crippen molar-refractivity contribution in [1.82, 2.24) is 0 Å². The van der Waals surface area contributed by atoms with Gasteiger partial charge >= 0.3 is 6.18 Å². The van der Waals surface area contributed by atoms with Gasteiger partial charge in [0.15, 0.2) is 6.10 Å². The zero-order valence-electron chi connectivity index (χ0n) is 10.9. The summed E-state index contributed by atoms with van der Waals surface area (Å²) in [7, 11) is 0. The van der Waals surface area contributed by atoms with E-state index in [1.807, 2.05) is 0 Å². The van der Waals surface area contributed by atoms with Gasteiger partial charge in [-0.3, -0.25) is 10.1 Å². The van der Waals surface area contributed by atoms with Gasteiger partial charge < -0.3 is 9.84 Å². The lowest BCUT2D eigenvalue weighted by atomic mass is 10.1. The van der Waals surface area contributed by atoms with Crippen LogP contribution in [0.1, 0.15) is 11.7 Å². The monoisotopic (exact) mass is 313 g/mol. The van der Waals surface area contributed by atoms with Crippen LogP contribution in [-0.2, 0) is 0 Å². The Morgan fingerprint density at radius 2 is 1.73 bits per heavy atom. The fraction of sp³-hybridized carbons (Fsp3) is 0.143. The average Bonchev–Trinajstić information content (AvgIpc) is 2.46. The van der Waals surface area contributed by atoms with E-state index in [2.05, 4.69) is 0 Å². The predicted octanol–water partition coefficient (Wildman–Crippen LogP) is 3.98. The van der Waals surface area contributed by atoms with Gasteiger partial charge in [0.2, 0.25) is 0 Å². The van der Waals surface area contributed by atoms with Crippen molar-refractivity contribution in [3.05, 3.63) is 64.2 Å². The lowest BCUT2D eigenvalue weighted by Crippen LogP contribution is -2.20. The van der Waals surface area contributed by atoms with Crippen molar-refractivity contribution in [2.45, 2.75) is 12.3 Å². The molecule has 0 spiro atoms. The van der Waals surface area contributed by atoms with E-state index in [1.165, 1.54) is 36.4 Å². The lowest BCUT2D eigenvalue weighted by molar-refractivity contribution is -0.384. The summed E-state index contributed by atoms with van der Waals surface area (Å²) in [5.74, 6) is 0.305. The van der Waals surface area contributed by atoms with Crippen LogP contribution in [0, 0.1) is 10.1 Å². The van der Waals surface area contributed by atoms with E-state index in [1.54, 1.807) is 0 Å². The highest BCUT2D eigenvalue weighted by Gasteiger charge is 2.39. The Hall–Kier alpha value is -2.61. The van der Waals surface area contributed by atoms with Gasteiger partial charge in [0, 0.05) is 12.1 Å². The number of ether oxygens (including phenoxy) is 1. The minimum atomic E-state index is -4.77. The third kappa shape index (κ3) is 3.73. The SMILES string of the molecule is O=[N+]([O-])c1ccc(Oc2cccc(C(O)C(F)(F)F)c2)cc1. The second-order valence-corrected chi connectivity index (χ2v) is 4.37. The standard InChI is InChI=1S/C14H10F3NO4/c15-14(16,17)13(19)9-2-1-3-12(8-9)22-11-6-4-10(5-7-11)18(20)21/h1-8,13,19H. The summed E-state index contributed by atoms with van der Waals surface area (Å²) >= 11 is 0. The summed E-state index contributed by atoms with van der Waals surface area (Å²) in [6.07, 6.45) is -7.38. The zero-order chi connectivity index (χ0) is 16.3. The summed E-state index contributed by atoms with van der Waals surface area (Å²) < 4.78 is 42.7. The largest absolute Gasteiger partial charge is 0.457 e. The van der Waals surface area contributed by atoms with Crippen molar-refractivity contribution in [2.24, 2.45) is 0 Å². The van der Waals surface area contributed by atoms with Crippen molar-refractivity contribution < 1.29 is 27.9 Å². The number of alkyl halides is 3. The maximum atomic E-state index is 12.5. The molecule has 116 valence electrons. The molecule has 2 rings (SSSR count). The highest BCUT2D eigenvalue weighted by molar-refractivity contribution is 5.39. The number of halogens is 3. The fourth-order valence-corrected chi connectivity index (χ4v) is 1.71. The van der Waals surface area contributed by atoms with Crippen LogP contribution >= 0.6 is 0 Å². The molecule has 2 aromatic carbocycles. The molecule has 2 aromatic rings. The summed E-state index contributed by atoms with van der Waals surface area (Å²) in [6, 6.07) is 9.98. The maximum absolute atomic E-state index is 12.5. The molecule has 0 aliphatic carbocycles. The van der Waals surface area contributed by atoms with E-state index in [-0.39, 0.29) is 22.7 Å². The van der Waals surface area contributed by atoms with Crippen LogP contribution in [0.3, 0.4) is 0 Å². The third-order valence-electron chi connectivity index (χ3n) is 2.77. The van der Waals surface area contributed by atoms with E-state index < -0.39 is 17.2 Å². The van der Waals surface area contributed by atoms with Crippen LogP contribution in [0.15, 0.2) is 48.5 Å². The van der Waals surface area contributed by atoms with Crippen LogP contribution < -0.4 is 4.74 Å². The van der Waals surface area contributed by atoms with Crippen LogP contribution in [0.25, 0.3) is 0 Å². The van der Waals surface area contributed by atoms with Gasteiger partial charge in [-0.2, -0.15) is 13.2 Å². The number of benzene rings is 2. The molecule has 1 N–H and O–H groups in total. The van der Waals surface area contributed by atoms with Crippen molar-refractivity contribution >= 4 is 5.69 Å². The van der Waals surface area contributed by atoms with Gasteiger partial charge in [-0.05, 0) is 29.8 Å². The molecular weight excluding hydrogens is 303 g/mol. The zero-order valence-corrected chi connectivity index (χ0v) is 10.9. The Morgan fingerprint density at radius 3 is 2.27 bits per heavy atom. The Balaban J connectivity index is 2.18. The molecule has 0 bridgehead atoms. The maximum Gasteiger partial charge on any atom is 0.418 e. The normalized spacial score (nSPS) is 12.7. The summed E-state index contributed by atoms with van der Waals surface area (Å²) in [5, 5.41) is 19.7. The average molecular weight is 313 g/mol. The molecule has 0 radical (unpaired) electrons. The Morgan fingerprint density at radius 1 is 1.09 bits per heavy atom. The molecule has 0 aliphatic heterocycles. The highest BCUT2D eigenvalue weighted by Crippen LogP contribution is 2.34. The molecule has 1 unspecified atom stereocenters. The number of hydrogen-bond donors (Lipinski definition) is 1. The fourth-order valence-electron chi connectivity index (χ4n) is 1.71. The van der Waals surface area contributed by atoms with Crippen molar-refractivity contribution in [3.8, 4) is 11.5 Å². The lowest BCUT2D eigenvalue weighted by Gasteiger charge is -2.15. The second kappa shape index (κ2) is 6.02. The molecular formula is C14H10F3NO4. The Bertz CT molecular complexity index is 671. The smallest absolute Gasteiger partial charge is 0.418 e. The van der Waals surface area contributed by atoms with Gasteiger partial charge in [0.05, 0.1) is 4.92 Å². The first kappa shape index (κ1) is 15.8.